The van der Waals surface area contributed by atoms with Crippen LogP contribution < -0.4 is 10.1 Å². The zero-order chi connectivity index (χ0) is 20.3. The molecule has 3 aromatic carbocycles. The third-order valence-corrected chi connectivity index (χ3v) is 6.00. The number of fused-ring (bicyclic) bond motifs is 1. The highest BCUT2D eigenvalue weighted by Gasteiger charge is 2.25. The Labute approximate surface area is 177 Å². The Hall–Kier alpha value is -3.11. The van der Waals surface area contributed by atoms with Gasteiger partial charge in [0.05, 0.1) is 11.0 Å². The average molecular weight is 398 g/mol. The second-order valence-corrected chi connectivity index (χ2v) is 8.03. The van der Waals surface area contributed by atoms with Gasteiger partial charge in [0.25, 0.3) is 0 Å². The fraction of sp³-hybridized carbons (Fsp3) is 0.269. The number of imidazole rings is 1. The minimum absolute atomic E-state index is 0.311. The summed E-state index contributed by atoms with van der Waals surface area (Å²) in [6.07, 6.45) is 3.74. The molecule has 1 aromatic heterocycles. The Morgan fingerprint density at radius 1 is 0.933 bits per heavy atom. The van der Waals surface area contributed by atoms with Gasteiger partial charge in [0, 0.05) is 17.6 Å². The first-order valence-corrected chi connectivity index (χ1v) is 10.8. The summed E-state index contributed by atoms with van der Waals surface area (Å²) in [5.74, 6) is 2.65. The molecule has 1 saturated heterocycles. The zero-order valence-corrected chi connectivity index (χ0v) is 17.3. The van der Waals surface area contributed by atoms with Gasteiger partial charge in [-0.2, -0.15) is 0 Å². The Morgan fingerprint density at radius 2 is 1.73 bits per heavy atom. The van der Waals surface area contributed by atoms with Gasteiger partial charge in [0.15, 0.2) is 0 Å². The van der Waals surface area contributed by atoms with Crippen LogP contribution in [0.5, 0.6) is 11.5 Å². The lowest BCUT2D eigenvalue weighted by Crippen LogP contribution is -2.40. The number of aromatic nitrogens is 2. The topological polar surface area (TPSA) is 39.1 Å². The highest BCUT2D eigenvalue weighted by Crippen LogP contribution is 2.33. The number of piperidine rings is 1. The van der Waals surface area contributed by atoms with E-state index in [0.29, 0.717) is 12.1 Å². The number of ether oxygens (including phenoxy) is 1. The third-order valence-electron chi connectivity index (χ3n) is 6.00. The molecule has 0 bridgehead atoms. The van der Waals surface area contributed by atoms with Crippen molar-refractivity contribution in [3.8, 4) is 22.9 Å². The number of hydrogen-bond acceptors (Lipinski definition) is 3. The number of benzene rings is 3. The molecule has 30 heavy (non-hydrogen) atoms. The Morgan fingerprint density at radius 3 is 2.57 bits per heavy atom. The van der Waals surface area contributed by atoms with Gasteiger partial charge in [-0.15, -0.1) is 0 Å². The van der Waals surface area contributed by atoms with Crippen LogP contribution in [0.15, 0.2) is 78.9 Å². The molecule has 1 aliphatic heterocycles. The number of rotatable bonds is 5. The van der Waals surface area contributed by atoms with Crippen molar-refractivity contribution in [3.05, 3.63) is 78.9 Å². The molecule has 4 heteroatoms. The first-order valence-electron chi connectivity index (χ1n) is 10.8. The van der Waals surface area contributed by atoms with E-state index >= 15 is 0 Å². The molecular weight excluding hydrogens is 370 g/mol. The van der Waals surface area contributed by atoms with Gasteiger partial charge in [-0.05, 0) is 62.7 Å². The standard InChI is InChI=1S/C26H27N3O/c1-19(23-14-7-8-17-27-23)29-25-16-6-5-15-24(25)28-26(29)20-10-9-13-22(18-20)30-21-11-3-2-4-12-21/h2-6,9-13,15-16,18-19,23,27H,7-8,14,17H2,1H3. The Kier molecular flexibility index (Phi) is 5.24. The lowest BCUT2D eigenvalue weighted by atomic mass is 9.98. The summed E-state index contributed by atoms with van der Waals surface area (Å²) in [5, 5.41) is 3.72. The fourth-order valence-electron chi connectivity index (χ4n) is 4.45. The fourth-order valence-corrected chi connectivity index (χ4v) is 4.45. The summed E-state index contributed by atoms with van der Waals surface area (Å²) in [4.78, 5) is 5.03. The summed E-state index contributed by atoms with van der Waals surface area (Å²) in [6.45, 7) is 3.41. The predicted molar refractivity (Wildman–Crippen MR) is 122 cm³/mol. The van der Waals surface area contributed by atoms with E-state index in [1.54, 1.807) is 0 Å². The van der Waals surface area contributed by atoms with Gasteiger partial charge in [0.1, 0.15) is 17.3 Å². The summed E-state index contributed by atoms with van der Waals surface area (Å²) in [7, 11) is 0. The summed E-state index contributed by atoms with van der Waals surface area (Å²) < 4.78 is 8.48. The van der Waals surface area contributed by atoms with Crippen molar-refractivity contribution in [2.75, 3.05) is 6.54 Å². The quantitative estimate of drug-likeness (QED) is 0.436. The lowest BCUT2D eigenvalue weighted by molar-refractivity contribution is 0.314. The molecule has 2 atom stereocenters. The first-order chi connectivity index (χ1) is 14.8. The average Bonchev–Trinajstić information content (AvgIpc) is 3.20. The van der Waals surface area contributed by atoms with Gasteiger partial charge >= 0.3 is 0 Å². The molecule has 0 aliphatic carbocycles. The van der Waals surface area contributed by atoms with Crippen LogP contribution in [0.4, 0.5) is 0 Å². The molecule has 4 nitrogen and oxygen atoms in total. The second-order valence-electron chi connectivity index (χ2n) is 8.03. The normalized spacial score (nSPS) is 17.7. The summed E-state index contributed by atoms with van der Waals surface area (Å²) in [6, 6.07) is 27.3. The maximum Gasteiger partial charge on any atom is 0.141 e. The van der Waals surface area contributed by atoms with Gasteiger partial charge in [0.2, 0.25) is 0 Å². The SMILES string of the molecule is CC(C1CCCCN1)n1c(-c2cccc(Oc3ccccc3)c2)nc2ccccc21. The monoisotopic (exact) mass is 397 g/mol. The van der Waals surface area contributed by atoms with Crippen LogP contribution in [-0.2, 0) is 0 Å². The van der Waals surface area contributed by atoms with E-state index in [9.17, 15) is 0 Å². The molecule has 4 aromatic rings. The molecule has 5 rings (SSSR count). The van der Waals surface area contributed by atoms with Crippen molar-refractivity contribution < 1.29 is 4.74 Å². The lowest BCUT2D eigenvalue weighted by Gasteiger charge is -2.31. The zero-order valence-electron chi connectivity index (χ0n) is 17.3. The van der Waals surface area contributed by atoms with Crippen LogP contribution in [0.3, 0.4) is 0 Å². The van der Waals surface area contributed by atoms with Crippen LogP contribution in [0.1, 0.15) is 32.2 Å². The van der Waals surface area contributed by atoms with E-state index in [2.05, 4.69) is 53.2 Å². The van der Waals surface area contributed by atoms with Crippen molar-refractivity contribution in [3.63, 3.8) is 0 Å². The Balaban J connectivity index is 1.56. The molecule has 1 fully saturated rings. The molecule has 1 N–H and O–H groups in total. The van der Waals surface area contributed by atoms with Crippen LogP contribution in [-0.4, -0.2) is 22.1 Å². The van der Waals surface area contributed by atoms with Crippen molar-refractivity contribution in [2.45, 2.75) is 38.3 Å². The van der Waals surface area contributed by atoms with E-state index in [1.165, 1.54) is 24.8 Å². The minimum Gasteiger partial charge on any atom is -0.457 e. The molecular formula is C26H27N3O. The summed E-state index contributed by atoms with van der Waals surface area (Å²) >= 11 is 0. The summed E-state index contributed by atoms with van der Waals surface area (Å²) in [5.41, 5.74) is 3.29. The van der Waals surface area contributed by atoms with Crippen molar-refractivity contribution >= 4 is 11.0 Å². The van der Waals surface area contributed by atoms with E-state index in [-0.39, 0.29) is 0 Å². The molecule has 0 radical (unpaired) electrons. The number of nitrogens with zero attached hydrogens (tertiary/aromatic N) is 2. The molecule has 152 valence electrons. The van der Waals surface area contributed by atoms with Gasteiger partial charge in [-0.1, -0.05) is 48.9 Å². The molecule has 2 heterocycles. The van der Waals surface area contributed by atoms with Crippen LogP contribution in [0.2, 0.25) is 0 Å². The predicted octanol–water partition coefficient (Wildman–Crippen LogP) is 6.20. The van der Waals surface area contributed by atoms with E-state index < -0.39 is 0 Å². The molecule has 1 aliphatic rings. The van der Waals surface area contributed by atoms with Crippen molar-refractivity contribution in [1.29, 1.82) is 0 Å². The van der Waals surface area contributed by atoms with Gasteiger partial charge < -0.3 is 14.6 Å². The van der Waals surface area contributed by atoms with E-state index in [1.807, 2.05) is 42.5 Å². The maximum absolute atomic E-state index is 6.08. The highest BCUT2D eigenvalue weighted by molar-refractivity contribution is 5.81. The number of hydrogen-bond donors (Lipinski definition) is 1. The van der Waals surface area contributed by atoms with E-state index in [4.69, 9.17) is 9.72 Å². The largest absolute Gasteiger partial charge is 0.457 e. The van der Waals surface area contributed by atoms with Crippen LogP contribution in [0, 0.1) is 0 Å². The van der Waals surface area contributed by atoms with Crippen LogP contribution in [0.25, 0.3) is 22.4 Å². The van der Waals surface area contributed by atoms with Crippen molar-refractivity contribution in [1.82, 2.24) is 14.9 Å². The Bertz CT molecular complexity index is 1130. The number of nitrogens with one attached hydrogen (secondary N) is 1. The molecule has 2 unspecified atom stereocenters. The van der Waals surface area contributed by atoms with Gasteiger partial charge in [-0.25, -0.2) is 4.98 Å². The number of para-hydroxylation sites is 3. The van der Waals surface area contributed by atoms with Crippen LogP contribution >= 0.6 is 0 Å². The third kappa shape index (κ3) is 3.71. The molecule has 0 saturated carbocycles. The second kappa shape index (κ2) is 8.33. The minimum atomic E-state index is 0.311. The maximum atomic E-state index is 6.08. The van der Waals surface area contributed by atoms with Gasteiger partial charge in [-0.3, -0.25) is 0 Å². The first kappa shape index (κ1) is 18.9. The van der Waals surface area contributed by atoms with E-state index in [0.717, 1.165) is 34.9 Å². The highest BCUT2D eigenvalue weighted by atomic mass is 16.5. The molecule has 0 amide bonds. The smallest absolute Gasteiger partial charge is 0.141 e. The van der Waals surface area contributed by atoms with Crippen molar-refractivity contribution in [2.24, 2.45) is 0 Å². The molecule has 0 spiro atoms.